The highest BCUT2D eigenvalue weighted by Crippen LogP contribution is 2.48. The third-order valence-electron chi connectivity index (χ3n) is 4.97. The maximum atomic E-state index is 9.90. The van der Waals surface area contributed by atoms with Crippen LogP contribution < -0.4 is 15.0 Å². The first-order valence-electron chi connectivity index (χ1n) is 8.96. The molecule has 138 valence electrons. The van der Waals surface area contributed by atoms with E-state index in [1.807, 2.05) is 41.0 Å². The number of nitrogen functional groups attached to an aromatic ring is 1. The van der Waals surface area contributed by atoms with Crippen molar-refractivity contribution >= 4 is 5.82 Å². The summed E-state index contributed by atoms with van der Waals surface area (Å²) in [4.78, 5) is 4.50. The number of anilines is 1. The zero-order chi connectivity index (χ0) is 19.1. The van der Waals surface area contributed by atoms with Gasteiger partial charge in [0, 0.05) is 11.6 Å². The average molecular weight is 372 g/mol. The van der Waals surface area contributed by atoms with Crippen LogP contribution in [0.3, 0.4) is 0 Å². The second kappa shape index (κ2) is 6.42. The Balaban J connectivity index is 1.70. The quantitative estimate of drug-likeness (QED) is 0.473. The molecule has 6 heteroatoms. The highest BCUT2D eigenvalue weighted by Gasteiger charge is 2.36. The number of nitrogens with zero attached hydrogens (tertiary/aromatic N) is 2. The van der Waals surface area contributed by atoms with E-state index in [9.17, 15) is 5.11 Å². The topological polar surface area (TPSA) is 85.4 Å². The number of hydrogen-bond acceptors (Lipinski definition) is 5. The molecule has 2 aromatic carbocycles. The van der Waals surface area contributed by atoms with Crippen molar-refractivity contribution < 1.29 is 18.8 Å². The molecule has 0 radical (unpaired) electrons. The zero-order valence-electron chi connectivity index (χ0n) is 14.9. The maximum absolute atomic E-state index is 9.90. The van der Waals surface area contributed by atoms with Crippen molar-refractivity contribution in [3.63, 3.8) is 0 Å². The molecule has 0 amide bonds. The van der Waals surface area contributed by atoms with E-state index in [0.717, 1.165) is 22.5 Å². The summed E-state index contributed by atoms with van der Waals surface area (Å²) in [6.07, 6.45) is 3.28. The largest absolute Gasteiger partial charge is 0.508 e. The fourth-order valence-electron chi connectivity index (χ4n) is 3.67. The van der Waals surface area contributed by atoms with Gasteiger partial charge in [-0.2, -0.15) is 0 Å². The van der Waals surface area contributed by atoms with E-state index in [-0.39, 0.29) is 11.7 Å². The standard InChI is InChI=1S/C22H17N3O3/c23-21-20-19(14-5-2-1-3-6-14)17-9-8-15(26)11-18(17)28-22(20)24-13-25(21)12-16-7-4-10-27-16/h1-11,13,19,23,26H,12H2/p+1/t19-/m0/s1. The smallest absolute Gasteiger partial charge is 0.306 e. The molecule has 0 spiro atoms. The molecule has 28 heavy (non-hydrogen) atoms. The second-order valence-corrected chi connectivity index (χ2v) is 6.72. The molecular weight excluding hydrogens is 354 g/mol. The molecule has 1 aliphatic rings. The summed E-state index contributed by atoms with van der Waals surface area (Å²) >= 11 is 0. The summed E-state index contributed by atoms with van der Waals surface area (Å²) in [6, 6.07) is 19.0. The number of ether oxygens (including phenoxy) is 1. The normalized spacial score (nSPS) is 14.8. The van der Waals surface area contributed by atoms with Crippen LogP contribution in [0.2, 0.25) is 0 Å². The number of furan rings is 1. The molecule has 0 saturated heterocycles. The van der Waals surface area contributed by atoms with Gasteiger partial charge < -0.3 is 20.0 Å². The number of aromatic hydroxyl groups is 1. The molecule has 4 aromatic rings. The summed E-state index contributed by atoms with van der Waals surface area (Å²) < 4.78 is 13.3. The number of nitrogens with two attached hydrogens (primary N) is 1. The van der Waals surface area contributed by atoms with Gasteiger partial charge in [-0.05, 0) is 23.8 Å². The van der Waals surface area contributed by atoms with Gasteiger partial charge >= 0.3 is 5.88 Å². The molecule has 1 atom stereocenters. The summed E-state index contributed by atoms with van der Waals surface area (Å²) in [5.41, 5.74) is 9.40. The van der Waals surface area contributed by atoms with Crippen LogP contribution in [0, 0.1) is 0 Å². The van der Waals surface area contributed by atoms with E-state index in [0.29, 0.717) is 24.0 Å². The van der Waals surface area contributed by atoms with Gasteiger partial charge in [0.25, 0.3) is 0 Å². The van der Waals surface area contributed by atoms with Crippen LogP contribution in [-0.2, 0) is 6.54 Å². The third-order valence-corrected chi connectivity index (χ3v) is 4.97. The minimum absolute atomic E-state index is 0.144. The number of rotatable bonds is 3. The van der Waals surface area contributed by atoms with Crippen LogP contribution in [0.5, 0.6) is 17.4 Å². The van der Waals surface area contributed by atoms with E-state index in [2.05, 4.69) is 17.1 Å². The number of benzene rings is 2. The minimum Gasteiger partial charge on any atom is -0.508 e. The van der Waals surface area contributed by atoms with Crippen LogP contribution in [0.25, 0.3) is 0 Å². The second-order valence-electron chi connectivity index (χ2n) is 6.72. The molecule has 0 aliphatic carbocycles. The molecule has 0 fully saturated rings. The highest BCUT2D eigenvalue weighted by atomic mass is 16.5. The molecule has 0 saturated carbocycles. The molecule has 6 nitrogen and oxygen atoms in total. The molecular formula is C22H18N3O3+. The lowest BCUT2D eigenvalue weighted by Crippen LogP contribution is -2.40. The summed E-state index contributed by atoms with van der Waals surface area (Å²) in [5, 5.41) is 9.90. The van der Waals surface area contributed by atoms with Gasteiger partial charge in [-0.25, -0.2) is 4.57 Å². The van der Waals surface area contributed by atoms with Crippen LogP contribution in [0.4, 0.5) is 5.82 Å². The number of phenolic OH excluding ortho intramolecular Hbond substituents is 1. The lowest BCUT2D eigenvalue weighted by molar-refractivity contribution is -0.679. The monoisotopic (exact) mass is 372 g/mol. The highest BCUT2D eigenvalue weighted by molar-refractivity contribution is 5.62. The molecule has 3 heterocycles. The Morgan fingerprint density at radius 1 is 1.07 bits per heavy atom. The van der Waals surface area contributed by atoms with Gasteiger partial charge in [0.2, 0.25) is 12.1 Å². The van der Waals surface area contributed by atoms with E-state index < -0.39 is 0 Å². The number of phenols is 1. The zero-order valence-corrected chi connectivity index (χ0v) is 14.9. The predicted molar refractivity (Wildman–Crippen MR) is 102 cm³/mol. The van der Waals surface area contributed by atoms with Crippen molar-refractivity contribution in [3.8, 4) is 17.4 Å². The average Bonchev–Trinajstić information content (AvgIpc) is 3.22. The van der Waals surface area contributed by atoms with Crippen LogP contribution in [0.15, 0.2) is 77.7 Å². The molecule has 0 unspecified atom stereocenters. The van der Waals surface area contributed by atoms with Gasteiger partial charge in [-0.3, -0.25) is 0 Å². The Morgan fingerprint density at radius 2 is 1.93 bits per heavy atom. The number of aromatic nitrogens is 2. The van der Waals surface area contributed by atoms with Gasteiger partial charge in [-0.15, -0.1) is 0 Å². The first-order valence-corrected chi connectivity index (χ1v) is 8.96. The summed E-state index contributed by atoms with van der Waals surface area (Å²) in [6.45, 7) is 0.475. The van der Waals surface area contributed by atoms with Gasteiger partial charge in [0.05, 0.1) is 12.2 Å². The van der Waals surface area contributed by atoms with Crippen LogP contribution in [-0.4, -0.2) is 10.1 Å². The Hall–Kier alpha value is -3.80. The van der Waals surface area contributed by atoms with Crippen LogP contribution in [0.1, 0.15) is 28.4 Å². The van der Waals surface area contributed by atoms with Gasteiger partial charge in [0.1, 0.15) is 29.4 Å². The molecule has 1 aliphatic heterocycles. The van der Waals surface area contributed by atoms with E-state index in [1.54, 1.807) is 24.7 Å². The Labute approximate surface area is 161 Å². The minimum atomic E-state index is -0.155. The Morgan fingerprint density at radius 3 is 2.71 bits per heavy atom. The van der Waals surface area contributed by atoms with Crippen molar-refractivity contribution in [1.29, 1.82) is 0 Å². The van der Waals surface area contributed by atoms with E-state index in [1.165, 1.54) is 0 Å². The number of fused-ring (bicyclic) bond motifs is 2. The molecule has 5 rings (SSSR count). The molecule has 2 aromatic heterocycles. The lowest BCUT2D eigenvalue weighted by atomic mass is 9.83. The summed E-state index contributed by atoms with van der Waals surface area (Å²) in [5.74, 6) is 2.37. The SMILES string of the molecule is Nc1c2c(nc[n+]1Cc1ccco1)Oc1cc(O)ccc1[C@@H]2c1ccccc1. The summed E-state index contributed by atoms with van der Waals surface area (Å²) in [7, 11) is 0. The van der Waals surface area contributed by atoms with Crippen molar-refractivity contribution in [2.24, 2.45) is 0 Å². The first-order chi connectivity index (χ1) is 13.7. The third kappa shape index (κ3) is 2.66. The lowest BCUT2D eigenvalue weighted by Gasteiger charge is -2.27. The van der Waals surface area contributed by atoms with Crippen molar-refractivity contribution in [2.75, 3.05) is 5.73 Å². The fourth-order valence-corrected chi connectivity index (χ4v) is 3.67. The molecule has 3 N–H and O–H groups in total. The van der Waals surface area contributed by atoms with E-state index >= 15 is 0 Å². The van der Waals surface area contributed by atoms with Crippen molar-refractivity contribution in [1.82, 2.24) is 4.98 Å². The Kier molecular flexibility index (Phi) is 3.76. The van der Waals surface area contributed by atoms with Gasteiger partial charge in [-0.1, -0.05) is 41.4 Å². The Bertz CT molecular complexity index is 1140. The predicted octanol–water partition coefficient (Wildman–Crippen LogP) is 3.58. The van der Waals surface area contributed by atoms with Crippen molar-refractivity contribution in [3.05, 3.63) is 95.7 Å². The van der Waals surface area contributed by atoms with Gasteiger partial charge in [0.15, 0.2) is 0 Å². The van der Waals surface area contributed by atoms with Crippen molar-refractivity contribution in [2.45, 2.75) is 12.5 Å². The molecule has 0 bridgehead atoms. The number of hydrogen-bond donors (Lipinski definition) is 2. The fraction of sp³-hybridized carbons (Fsp3) is 0.0909. The van der Waals surface area contributed by atoms with Crippen LogP contribution >= 0.6 is 0 Å². The van der Waals surface area contributed by atoms with E-state index in [4.69, 9.17) is 14.9 Å². The first kappa shape index (κ1) is 16.4. The maximum Gasteiger partial charge on any atom is 0.306 e.